The van der Waals surface area contributed by atoms with Crippen molar-refractivity contribution in [3.8, 4) is 0 Å². The van der Waals surface area contributed by atoms with Crippen LogP contribution in [0.25, 0.3) is 0 Å². The van der Waals surface area contributed by atoms with Crippen LogP contribution in [-0.4, -0.2) is 10.3 Å². The molecule has 2 unspecified atom stereocenters. The van der Waals surface area contributed by atoms with Gasteiger partial charge in [0.25, 0.3) is 0 Å². The average molecular weight is 358 g/mol. The summed E-state index contributed by atoms with van der Waals surface area (Å²) in [5, 5.41) is 1.05. The number of alkyl halides is 2. The van der Waals surface area contributed by atoms with Crippen LogP contribution in [0.3, 0.4) is 0 Å². The van der Waals surface area contributed by atoms with E-state index in [4.69, 9.17) is 46.4 Å². The summed E-state index contributed by atoms with van der Waals surface area (Å²) in [6.45, 7) is 0. The van der Waals surface area contributed by atoms with Crippen molar-refractivity contribution in [2.45, 2.75) is 80.9 Å². The van der Waals surface area contributed by atoms with E-state index < -0.39 is 4.87 Å². The van der Waals surface area contributed by atoms with Gasteiger partial charge in [-0.1, -0.05) is 68.1 Å². The quantitative estimate of drug-likeness (QED) is 0.435. The first-order chi connectivity index (χ1) is 9.55. The van der Waals surface area contributed by atoms with Crippen LogP contribution in [0.15, 0.2) is 10.1 Å². The molecule has 0 aromatic carbocycles. The van der Waals surface area contributed by atoms with Crippen LogP contribution < -0.4 is 0 Å². The molecule has 0 aromatic heterocycles. The average Bonchev–Trinajstić information content (AvgIpc) is 2.40. The Labute approximate surface area is 143 Å². The smallest absolute Gasteiger partial charge is 0.0841 e. The highest BCUT2D eigenvalue weighted by Gasteiger charge is 2.42. The zero-order valence-electron chi connectivity index (χ0n) is 11.9. The lowest BCUT2D eigenvalue weighted by Gasteiger charge is -2.38. The van der Waals surface area contributed by atoms with Crippen LogP contribution in [0.4, 0.5) is 0 Å². The van der Waals surface area contributed by atoms with Gasteiger partial charge in [0, 0.05) is 0 Å². The summed E-state index contributed by atoms with van der Waals surface area (Å²) in [6.07, 6.45) is 12.8. The lowest BCUT2D eigenvalue weighted by atomic mass is 9.77. The number of rotatable bonds is 1. The Balaban J connectivity index is 2.24. The highest BCUT2D eigenvalue weighted by Crippen LogP contribution is 2.49. The van der Waals surface area contributed by atoms with Gasteiger partial charge in [0.2, 0.25) is 0 Å². The molecule has 0 radical (unpaired) electrons. The molecule has 2 rings (SSSR count). The molecule has 0 spiro atoms. The number of allylic oxidation sites excluding steroid dienone is 2. The van der Waals surface area contributed by atoms with E-state index in [1.165, 1.54) is 32.1 Å². The fraction of sp³-hybridized carbons (Fsp3) is 0.875. The van der Waals surface area contributed by atoms with Gasteiger partial charge in [-0.25, -0.2) is 0 Å². The lowest BCUT2D eigenvalue weighted by Crippen LogP contribution is -2.35. The summed E-state index contributed by atoms with van der Waals surface area (Å²) >= 11 is 26.4. The van der Waals surface area contributed by atoms with E-state index in [1.54, 1.807) is 0 Å². The fourth-order valence-electron chi connectivity index (χ4n) is 3.58. The van der Waals surface area contributed by atoms with E-state index in [0.717, 1.165) is 38.5 Å². The van der Waals surface area contributed by atoms with Crippen molar-refractivity contribution in [1.29, 1.82) is 0 Å². The monoisotopic (exact) mass is 356 g/mol. The molecule has 0 bridgehead atoms. The molecule has 1 fully saturated rings. The molecule has 20 heavy (non-hydrogen) atoms. The number of halogens is 4. The van der Waals surface area contributed by atoms with Crippen molar-refractivity contribution in [2.75, 3.05) is 0 Å². The van der Waals surface area contributed by atoms with E-state index in [2.05, 4.69) is 0 Å². The third kappa shape index (κ3) is 4.00. The first-order valence-corrected chi connectivity index (χ1v) is 9.51. The van der Waals surface area contributed by atoms with Gasteiger partial charge in [0.15, 0.2) is 0 Å². The molecular weight excluding hydrogens is 334 g/mol. The van der Waals surface area contributed by atoms with Crippen molar-refractivity contribution in [3.05, 3.63) is 10.1 Å². The SMILES string of the molecule is ClC1=C(Cl)C(Cl)(C2CCCCCCC2)CCCCC1Cl. The lowest BCUT2D eigenvalue weighted by molar-refractivity contribution is 0.302. The maximum atomic E-state index is 7.03. The Morgan fingerprint density at radius 2 is 1.35 bits per heavy atom. The van der Waals surface area contributed by atoms with Crippen molar-refractivity contribution >= 4 is 46.4 Å². The Bertz CT molecular complexity index is 344. The molecule has 0 nitrogen and oxygen atoms in total. The molecule has 2 aliphatic carbocycles. The Morgan fingerprint density at radius 1 is 0.800 bits per heavy atom. The van der Waals surface area contributed by atoms with Crippen LogP contribution in [0.1, 0.15) is 70.6 Å². The minimum absolute atomic E-state index is 0.170. The van der Waals surface area contributed by atoms with Gasteiger partial charge in [-0.3, -0.25) is 0 Å². The van der Waals surface area contributed by atoms with Gasteiger partial charge in [-0.2, -0.15) is 0 Å². The fourth-order valence-corrected chi connectivity index (χ4v) is 5.05. The number of hydrogen-bond acceptors (Lipinski definition) is 0. The van der Waals surface area contributed by atoms with Crippen LogP contribution in [-0.2, 0) is 0 Å². The summed E-state index contributed by atoms with van der Waals surface area (Å²) in [4.78, 5) is -0.483. The second-order valence-corrected chi connectivity index (χ2v) is 8.27. The van der Waals surface area contributed by atoms with Gasteiger partial charge >= 0.3 is 0 Å². The topological polar surface area (TPSA) is 0 Å². The molecule has 2 atom stereocenters. The van der Waals surface area contributed by atoms with E-state index >= 15 is 0 Å². The molecule has 0 aliphatic heterocycles. The number of hydrogen-bond donors (Lipinski definition) is 0. The van der Waals surface area contributed by atoms with Crippen LogP contribution >= 0.6 is 46.4 Å². The minimum atomic E-state index is -0.483. The largest absolute Gasteiger partial charge is 0.117 e. The van der Waals surface area contributed by atoms with Gasteiger partial charge in [0.1, 0.15) is 0 Å². The van der Waals surface area contributed by atoms with Crippen molar-refractivity contribution in [3.63, 3.8) is 0 Å². The van der Waals surface area contributed by atoms with Crippen LogP contribution in [0.5, 0.6) is 0 Å². The highest BCUT2D eigenvalue weighted by atomic mass is 35.5. The third-order valence-electron chi connectivity index (χ3n) is 4.85. The van der Waals surface area contributed by atoms with Crippen molar-refractivity contribution in [1.82, 2.24) is 0 Å². The van der Waals surface area contributed by atoms with Gasteiger partial charge in [-0.15, -0.1) is 23.2 Å². The Hall–Kier alpha value is 0.900. The van der Waals surface area contributed by atoms with Crippen LogP contribution in [0, 0.1) is 5.92 Å². The van der Waals surface area contributed by atoms with E-state index in [1.807, 2.05) is 0 Å². The Kier molecular flexibility index (Phi) is 6.86. The maximum absolute atomic E-state index is 7.03. The molecular formula is C16H24Cl4. The molecule has 1 saturated carbocycles. The van der Waals surface area contributed by atoms with E-state index in [-0.39, 0.29) is 5.38 Å². The standard InChI is InChI=1S/C16H24Cl4/c17-13-10-6-7-11-16(20,15(19)14(13)18)12-8-4-2-1-3-5-9-12/h12-13H,1-11H2. The Morgan fingerprint density at radius 3 is 2.00 bits per heavy atom. The summed E-state index contributed by atoms with van der Waals surface area (Å²) in [6, 6.07) is 0. The normalized spacial score (nSPS) is 35.1. The maximum Gasteiger partial charge on any atom is 0.0841 e. The molecule has 4 heteroatoms. The molecule has 0 N–H and O–H groups in total. The molecule has 116 valence electrons. The zero-order chi connectivity index (χ0) is 14.6. The summed E-state index contributed by atoms with van der Waals surface area (Å²) in [5.74, 6) is 0.438. The van der Waals surface area contributed by atoms with Crippen LogP contribution in [0.2, 0.25) is 0 Å². The van der Waals surface area contributed by atoms with Gasteiger partial charge < -0.3 is 0 Å². The minimum Gasteiger partial charge on any atom is -0.117 e. The third-order valence-corrected chi connectivity index (χ3v) is 7.27. The van der Waals surface area contributed by atoms with Crippen molar-refractivity contribution in [2.24, 2.45) is 5.92 Å². The second-order valence-electron chi connectivity index (χ2n) is 6.28. The predicted molar refractivity (Wildman–Crippen MR) is 91.2 cm³/mol. The van der Waals surface area contributed by atoms with Crippen molar-refractivity contribution < 1.29 is 0 Å². The first-order valence-electron chi connectivity index (χ1n) is 7.94. The predicted octanol–water partition coefficient (Wildman–Crippen LogP) is 7.20. The first kappa shape index (κ1) is 17.3. The summed E-state index contributed by atoms with van der Waals surface area (Å²) in [5.41, 5.74) is 0. The van der Waals surface area contributed by atoms with Gasteiger partial charge in [0.05, 0.1) is 20.3 Å². The molecule has 0 heterocycles. The summed E-state index contributed by atoms with van der Waals surface area (Å²) in [7, 11) is 0. The van der Waals surface area contributed by atoms with E-state index in [9.17, 15) is 0 Å². The molecule has 0 amide bonds. The van der Waals surface area contributed by atoms with Gasteiger partial charge in [-0.05, 0) is 31.6 Å². The highest BCUT2D eigenvalue weighted by molar-refractivity contribution is 6.47. The molecule has 0 aromatic rings. The zero-order valence-corrected chi connectivity index (χ0v) is 15.0. The second kappa shape index (κ2) is 7.95. The summed E-state index contributed by atoms with van der Waals surface area (Å²) < 4.78 is 0. The molecule has 0 saturated heterocycles. The van der Waals surface area contributed by atoms with E-state index in [0.29, 0.717) is 16.0 Å². The molecule has 2 aliphatic rings.